The molecule has 2 aliphatic rings. The molecule has 12 heavy (non-hydrogen) atoms. The highest BCUT2D eigenvalue weighted by Gasteiger charge is 2.64. The Morgan fingerprint density at radius 2 is 2.00 bits per heavy atom. The number of aliphatic hydroxyl groups excluding tert-OH is 1. The normalized spacial score (nSPS) is 59.0. The van der Waals surface area contributed by atoms with Gasteiger partial charge in [-0.25, -0.2) is 0 Å². The van der Waals surface area contributed by atoms with Crippen LogP contribution < -0.4 is 0 Å². The van der Waals surface area contributed by atoms with E-state index in [-0.39, 0.29) is 6.10 Å². The Morgan fingerprint density at radius 3 is 2.42 bits per heavy atom. The van der Waals surface area contributed by atoms with Crippen molar-refractivity contribution in [2.24, 2.45) is 11.3 Å². The van der Waals surface area contributed by atoms with Gasteiger partial charge in [0.15, 0.2) is 0 Å². The first-order valence-corrected chi connectivity index (χ1v) is 5.90. The van der Waals surface area contributed by atoms with E-state index >= 15 is 0 Å². The van der Waals surface area contributed by atoms with Crippen LogP contribution in [-0.2, 0) is 0 Å². The second-order valence-corrected chi connectivity index (χ2v) is 7.44. The van der Waals surface area contributed by atoms with Gasteiger partial charge in [0.1, 0.15) is 0 Å². The summed E-state index contributed by atoms with van der Waals surface area (Å²) in [4.78, 5) is 0. The average Bonchev–Trinajstić information content (AvgIpc) is 2.27. The molecule has 2 fully saturated rings. The summed E-state index contributed by atoms with van der Waals surface area (Å²) in [7, 11) is 0. The van der Waals surface area contributed by atoms with E-state index in [0.29, 0.717) is 8.84 Å². The number of alkyl halides is 1. The Labute approximate surface area is 88.1 Å². The van der Waals surface area contributed by atoms with Crippen molar-refractivity contribution in [3.05, 3.63) is 0 Å². The quantitative estimate of drug-likeness (QED) is 0.534. The zero-order chi connectivity index (χ0) is 8.98. The summed E-state index contributed by atoms with van der Waals surface area (Å²) >= 11 is 2.57. The lowest BCUT2D eigenvalue weighted by Crippen LogP contribution is -2.29. The molecule has 70 valence electrons. The molecule has 0 aliphatic heterocycles. The molecule has 1 nitrogen and oxygen atoms in total. The summed E-state index contributed by atoms with van der Waals surface area (Å²) in [6, 6.07) is 0. The van der Waals surface area contributed by atoms with Gasteiger partial charge in [0, 0.05) is 3.42 Å². The minimum atomic E-state index is -0.0228. The van der Waals surface area contributed by atoms with Gasteiger partial charge in [-0.15, -0.1) is 0 Å². The van der Waals surface area contributed by atoms with Crippen LogP contribution in [0, 0.1) is 11.3 Å². The van der Waals surface area contributed by atoms with Crippen LogP contribution in [0.2, 0.25) is 0 Å². The van der Waals surface area contributed by atoms with E-state index in [1.165, 1.54) is 12.8 Å². The molecular formula is C10H17IO. The average molecular weight is 280 g/mol. The van der Waals surface area contributed by atoms with E-state index in [0.717, 1.165) is 18.8 Å². The summed E-state index contributed by atoms with van der Waals surface area (Å²) < 4.78 is 0.487. The summed E-state index contributed by atoms with van der Waals surface area (Å²) in [5.74, 6) is 0.727. The van der Waals surface area contributed by atoms with Crippen molar-refractivity contribution >= 4 is 22.6 Å². The minimum absolute atomic E-state index is 0.0228. The first-order chi connectivity index (χ1) is 5.45. The van der Waals surface area contributed by atoms with Gasteiger partial charge >= 0.3 is 0 Å². The molecule has 0 saturated heterocycles. The second-order valence-electron chi connectivity index (χ2n) is 5.06. The number of halogens is 1. The molecule has 0 aromatic rings. The third kappa shape index (κ3) is 1.31. The molecule has 1 N–H and O–H groups in total. The molecule has 0 amide bonds. The van der Waals surface area contributed by atoms with Crippen molar-refractivity contribution in [3.8, 4) is 0 Å². The monoisotopic (exact) mass is 280 g/mol. The maximum atomic E-state index is 9.68. The van der Waals surface area contributed by atoms with E-state index in [2.05, 4.69) is 36.4 Å². The Bertz CT molecular complexity index is 190. The van der Waals surface area contributed by atoms with Crippen LogP contribution in [0.15, 0.2) is 0 Å². The summed E-state index contributed by atoms with van der Waals surface area (Å²) in [6.45, 7) is 4.60. The van der Waals surface area contributed by atoms with Gasteiger partial charge in [0.2, 0.25) is 0 Å². The lowest BCUT2D eigenvalue weighted by Gasteiger charge is -2.32. The smallest absolute Gasteiger partial charge is 0.0548 e. The molecule has 1 spiro atoms. The molecule has 2 saturated carbocycles. The molecule has 0 unspecified atom stereocenters. The van der Waals surface area contributed by atoms with Crippen LogP contribution in [0.3, 0.4) is 0 Å². The Hall–Kier alpha value is 0.690. The summed E-state index contributed by atoms with van der Waals surface area (Å²) in [6.07, 6.45) is 4.71. The summed E-state index contributed by atoms with van der Waals surface area (Å²) in [5.41, 5.74) is 0.505. The van der Waals surface area contributed by atoms with Gasteiger partial charge < -0.3 is 5.11 Å². The standard InChI is InChI=1S/C10H17IO/c1-7-3-8(12)5-10(4-7)6-9(10,2)11/h7-8,12H,3-6H2,1-2H3/t7-,8+,9+,10-/m1/s1. The maximum absolute atomic E-state index is 9.68. The van der Waals surface area contributed by atoms with Gasteiger partial charge in [-0.2, -0.15) is 0 Å². The highest BCUT2D eigenvalue weighted by Crippen LogP contribution is 2.69. The molecule has 4 atom stereocenters. The van der Waals surface area contributed by atoms with Crippen molar-refractivity contribution in [3.63, 3.8) is 0 Å². The predicted octanol–water partition coefficient (Wildman–Crippen LogP) is 2.75. The minimum Gasteiger partial charge on any atom is -0.393 e. The van der Waals surface area contributed by atoms with E-state index in [4.69, 9.17) is 0 Å². The van der Waals surface area contributed by atoms with Crippen LogP contribution in [0.4, 0.5) is 0 Å². The van der Waals surface area contributed by atoms with Crippen LogP contribution in [0.1, 0.15) is 39.5 Å². The lowest BCUT2D eigenvalue weighted by molar-refractivity contribution is 0.0638. The fourth-order valence-electron chi connectivity index (χ4n) is 2.99. The van der Waals surface area contributed by atoms with Gasteiger partial charge in [-0.3, -0.25) is 0 Å². The molecule has 0 bridgehead atoms. The maximum Gasteiger partial charge on any atom is 0.0548 e. The number of hydrogen-bond donors (Lipinski definition) is 1. The Balaban J connectivity index is 2.09. The molecule has 2 heteroatoms. The van der Waals surface area contributed by atoms with Crippen molar-refractivity contribution in [1.29, 1.82) is 0 Å². The molecule has 0 aromatic carbocycles. The van der Waals surface area contributed by atoms with Gasteiger partial charge in [0.05, 0.1) is 6.10 Å². The fraction of sp³-hybridized carbons (Fsp3) is 1.00. The van der Waals surface area contributed by atoms with Crippen molar-refractivity contribution < 1.29 is 5.11 Å². The number of aliphatic hydroxyl groups is 1. The van der Waals surface area contributed by atoms with E-state index < -0.39 is 0 Å². The van der Waals surface area contributed by atoms with E-state index in [9.17, 15) is 5.11 Å². The zero-order valence-corrected chi connectivity index (χ0v) is 9.97. The Kier molecular flexibility index (Phi) is 2.00. The van der Waals surface area contributed by atoms with Crippen LogP contribution >= 0.6 is 22.6 Å². The predicted molar refractivity (Wildman–Crippen MR) is 58.5 cm³/mol. The molecule has 0 heterocycles. The third-order valence-corrected chi connectivity index (χ3v) is 5.22. The lowest BCUT2D eigenvalue weighted by atomic mass is 9.77. The highest BCUT2D eigenvalue weighted by atomic mass is 127. The van der Waals surface area contributed by atoms with Crippen molar-refractivity contribution in [2.45, 2.75) is 49.1 Å². The van der Waals surface area contributed by atoms with Gasteiger partial charge in [0.25, 0.3) is 0 Å². The molecule has 0 radical (unpaired) electrons. The van der Waals surface area contributed by atoms with E-state index in [1.807, 2.05) is 0 Å². The topological polar surface area (TPSA) is 20.2 Å². The van der Waals surface area contributed by atoms with Gasteiger partial charge in [-0.05, 0) is 43.9 Å². The van der Waals surface area contributed by atoms with E-state index in [1.54, 1.807) is 0 Å². The fourth-order valence-corrected chi connectivity index (χ4v) is 4.16. The molecular weight excluding hydrogens is 263 g/mol. The SMILES string of the molecule is C[C@@H]1C[C@H](O)C[C@]2(C1)C[C@]2(C)I. The summed E-state index contributed by atoms with van der Waals surface area (Å²) in [5, 5.41) is 9.68. The third-order valence-electron chi connectivity index (χ3n) is 3.69. The van der Waals surface area contributed by atoms with Crippen molar-refractivity contribution in [1.82, 2.24) is 0 Å². The van der Waals surface area contributed by atoms with Crippen LogP contribution in [0.25, 0.3) is 0 Å². The number of rotatable bonds is 0. The van der Waals surface area contributed by atoms with Crippen LogP contribution in [-0.4, -0.2) is 14.6 Å². The zero-order valence-electron chi connectivity index (χ0n) is 7.81. The first kappa shape index (κ1) is 9.25. The molecule has 2 rings (SSSR count). The number of hydrogen-bond acceptors (Lipinski definition) is 1. The molecule has 2 aliphatic carbocycles. The second kappa shape index (κ2) is 2.59. The highest BCUT2D eigenvalue weighted by molar-refractivity contribution is 14.1. The largest absolute Gasteiger partial charge is 0.393 e. The van der Waals surface area contributed by atoms with Crippen molar-refractivity contribution in [2.75, 3.05) is 0 Å². The van der Waals surface area contributed by atoms with Gasteiger partial charge in [-0.1, -0.05) is 29.5 Å². The first-order valence-electron chi connectivity index (χ1n) is 4.82. The Morgan fingerprint density at radius 1 is 1.42 bits per heavy atom. The van der Waals surface area contributed by atoms with Crippen LogP contribution in [0.5, 0.6) is 0 Å². The molecule has 0 aromatic heterocycles.